The fraction of sp³-hybridized carbons (Fsp3) is 0.150. The number of hydrogen-bond donors (Lipinski definition) is 2. The summed E-state index contributed by atoms with van der Waals surface area (Å²) in [6.07, 6.45) is 7.05. The quantitative estimate of drug-likeness (QED) is 0.702. The second-order valence-electron chi connectivity index (χ2n) is 6.36. The minimum absolute atomic E-state index is 0.110. The Hall–Kier alpha value is -2.47. The van der Waals surface area contributed by atoms with E-state index in [9.17, 15) is 4.79 Å². The molecule has 7 heteroatoms. The first-order chi connectivity index (χ1) is 13.1. The lowest BCUT2D eigenvalue weighted by Gasteiger charge is -2.27. The summed E-state index contributed by atoms with van der Waals surface area (Å²) in [6.45, 7) is 0. The van der Waals surface area contributed by atoms with E-state index in [1.54, 1.807) is 30.7 Å². The summed E-state index contributed by atoms with van der Waals surface area (Å²) < 4.78 is 0. The van der Waals surface area contributed by atoms with Crippen LogP contribution in [-0.2, 0) is 4.79 Å². The molecule has 5 nitrogen and oxygen atoms in total. The second-order valence-corrected chi connectivity index (χ2v) is 7.17. The average molecular weight is 399 g/mol. The number of hydrogen-bond acceptors (Lipinski definition) is 4. The lowest BCUT2D eigenvalue weighted by molar-refractivity contribution is -0.120. The van der Waals surface area contributed by atoms with Gasteiger partial charge < -0.3 is 0 Å². The highest BCUT2D eigenvalue weighted by atomic mass is 35.5. The van der Waals surface area contributed by atoms with Crippen molar-refractivity contribution in [2.75, 3.05) is 0 Å². The number of hydrazine groups is 1. The van der Waals surface area contributed by atoms with Crippen molar-refractivity contribution in [3.05, 3.63) is 94.0 Å². The maximum Gasteiger partial charge on any atom is 0.243 e. The molecule has 3 atom stereocenters. The van der Waals surface area contributed by atoms with Crippen molar-refractivity contribution in [2.45, 2.75) is 17.9 Å². The van der Waals surface area contributed by atoms with Gasteiger partial charge in [0.15, 0.2) is 0 Å². The summed E-state index contributed by atoms with van der Waals surface area (Å²) >= 11 is 12.3. The molecule has 0 spiro atoms. The summed E-state index contributed by atoms with van der Waals surface area (Å²) in [6, 6.07) is 12.9. The molecule has 136 valence electrons. The van der Waals surface area contributed by atoms with Gasteiger partial charge in [-0.15, -0.1) is 0 Å². The molecule has 3 unspecified atom stereocenters. The first kappa shape index (κ1) is 17.9. The predicted octanol–water partition coefficient (Wildman–Crippen LogP) is 3.70. The molecule has 0 radical (unpaired) electrons. The molecule has 27 heavy (non-hydrogen) atoms. The van der Waals surface area contributed by atoms with Crippen LogP contribution in [0.5, 0.6) is 0 Å². The number of nitrogens with one attached hydrogen (secondary N) is 2. The Bertz CT molecular complexity index is 913. The van der Waals surface area contributed by atoms with E-state index in [4.69, 9.17) is 23.2 Å². The van der Waals surface area contributed by atoms with Crippen LogP contribution in [0.15, 0.2) is 67.3 Å². The van der Waals surface area contributed by atoms with Crippen molar-refractivity contribution < 1.29 is 4.79 Å². The van der Waals surface area contributed by atoms with Crippen molar-refractivity contribution >= 4 is 29.1 Å². The molecule has 3 heterocycles. The number of benzene rings is 1. The van der Waals surface area contributed by atoms with Gasteiger partial charge in [0.1, 0.15) is 0 Å². The SMILES string of the molecule is O=C1NNC(C(c2ccncc2)c2cccnc2)C1c1ccc(Cl)c(Cl)c1. The van der Waals surface area contributed by atoms with Crippen LogP contribution < -0.4 is 10.9 Å². The van der Waals surface area contributed by atoms with Crippen molar-refractivity contribution in [2.24, 2.45) is 0 Å². The van der Waals surface area contributed by atoms with E-state index in [-0.39, 0.29) is 17.9 Å². The molecule has 2 aromatic heterocycles. The zero-order valence-electron chi connectivity index (χ0n) is 14.1. The topological polar surface area (TPSA) is 66.9 Å². The van der Waals surface area contributed by atoms with E-state index < -0.39 is 5.92 Å². The minimum atomic E-state index is -0.432. The number of pyridine rings is 2. The van der Waals surface area contributed by atoms with Crippen LogP contribution in [-0.4, -0.2) is 21.9 Å². The van der Waals surface area contributed by atoms with Crippen LogP contribution in [0, 0.1) is 0 Å². The third-order valence-corrected chi connectivity index (χ3v) is 5.51. The van der Waals surface area contributed by atoms with Crippen LogP contribution in [0.2, 0.25) is 10.0 Å². The zero-order valence-corrected chi connectivity index (χ0v) is 15.7. The lowest BCUT2D eigenvalue weighted by atomic mass is 9.78. The molecule has 0 aliphatic carbocycles. The average Bonchev–Trinajstić information content (AvgIpc) is 3.07. The van der Waals surface area contributed by atoms with E-state index in [1.807, 2.05) is 36.5 Å². The van der Waals surface area contributed by atoms with Crippen molar-refractivity contribution in [3.63, 3.8) is 0 Å². The van der Waals surface area contributed by atoms with Gasteiger partial charge in [-0.25, -0.2) is 5.43 Å². The number of nitrogens with zero attached hydrogens (tertiary/aromatic N) is 2. The minimum Gasteiger partial charge on any atom is -0.291 e. The third-order valence-electron chi connectivity index (χ3n) is 4.77. The fourth-order valence-electron chi connectivity index (χ4n) is 3.56. The second kappa shape index (κ2) is 7.64. The molecule has 4 rings (SSSR count). The summed E-state index contributed by atoms with van der Waals surface area (Å²) in [5.74, 6) is -0.653. The van der Waals surface area contributed by atoms with Crippen LogP contribution >= 0.6 is 23.2 Å². The van der Waals surface area contributed by atoms with E-state index in [0.29, 0.717) is 10.0 Å². The number of rotatable bonds is 4. The highest BCUT2D eigenvalue weighted by Gasteiger charge is 2.42. The Labute approximate surface area is 166 Å². The third kappa shape index (κ3) is 3.54. The summed E-state index contributed by atoms with van der Waals surface area (Å²) in [4.78, 5) is 21.0. The Kier molecular flexibility index (Phi) is 5.07. The Morgan fingerprint density at radius 3 is 2.44 bits per heavy atom. The molecule has 0 bridgehead atoms. The van der Waals surface area contributed by atoms with E-state index in [1.165, 1.54) is 0 Å². The molecular formula is C20H16Cl2N4O. The maximum absolute atomic E-state index is 12.7. The Morgan fingerprint density at radius 2 is 1.74 bits per heavy atom. The van der Waals surface area contributed by atoms with E-state index in [2.05, 4.69) is 20.8 Å². The highest BCUT2D eigenvalue weighted by Crippen LogP contribution is 2.38. The van der Waals surface area contributed by atoms with Crippen LogP contribution in [0.25, 0.3) is 0 Å². The van der Waals surface area contributed by atoms with Crippen LogP contribution in [0.4, 0.5) is 0 Å². The van der Waals surface area contributed by atoms with Gasteiger partial charge in [0.25, 0.3) is 0 Å². The summed E-state index contributed by atoms with van der Waals surface area (Å²) in [5, 5.41) is 0.885. The lowest BCUT2D eigenvalue weighted by Crippen LogP contribution is -2.37. The monoisotopic (exact) mass is 398 g/mol. The van der Waals surface area contributed by atoms with Gasteiger partial charge in [-0.2, -0.15) is 0 Å². The van der Waals surface area contributed by atoms with Crippen molar-refractivity contribution in [1.82, 2.24) is 20.8 Å². The molecule has 1 amide bonds. The first-order valence-electron chi connectivity index (χ1n) is 8.45. The Balaban J connectivity index is 1.81. The molecular weight excluding hydrogens is 383 g/mol. The maximum atomic E-state index is 12.7. The predicted molar refractivity (Wildman–Crippen MR) is 105 cm³/mol. The molecule has 1 aromatic carbocycles. The molecule has 1 aliphatic rings. The molecule has 1 aliphatic heterocycles. The van der Waals surface area contributed by atoms with Gasteiger partial charge in [0.05, 0.1) is 22.0 Å². The number of halogens is 2. The van der Waals surface area contributed by atoms with Gasteiger partial charge in [-0.1, -0.05) is 35.3 Å². The number of carbonyl (C=O) groups excluding carboxylic acids is 1. The molecule has 2 N–H and O–H groups in total. The van der Waals surface area contributed by atoms with Crippen molar-refractivity contribution in [1.29, 1.82) is 0 Å². The van der Waals surface area contributed by atoms with Crippen LogP contribution in [0.1, 0.15) is 28.5 Å². The normalized spacial score (nSPS) is 20.3. The van der Waals surface area contributed by atoms with Gasteiger partial charge >= 0.3 is 0 Å². The number of carbonyl (C=O) groups is 1. The highest BCUT2D eigenvalue weighted by molar-refractivity contribution is 6.42. The van der Waals surface area contributed by atoms with Gasteiger partial charge in [-0.05, 0) is 47.0 Å². The fourth-order valence-corrected chi connectivity index (χ4v) is 3.86. The van der Waals surface area contributed by atoms with Crippen molar-refractivity contribution in [3.8, 4) is 0 Å². The molecule has 0 saturated carbocycles. The first-order valence-corrected chi connectivity index (χ1v) is 9.21. The van der Waals surface area contributed by atoms with Gasteiger partial charge in [-0.3, -0.25) is 20.2 Å². The molecule has 1 saturated heterocycles. The van der Waals surface area contributed by atoms with E-state index in [0.717, 1.165) is 16.7 Å². The van der Waals surface area contributed by atoms with Gasteiger partial charge in [0.2, 0.25) is 5.91 Å². The summed E-state index contributed by atoms with van der Waals surface area (Å²) in [5.41, 5.74) is 8.78. The smallest absolute Gasteiger partial charge is 0.243 e. The summed E-state index contributed by atoms with van der Waals surface area (Å²) in [7, 11) is 0. The Morgan fingerprint density at radius 1 is 0.926 bits per heavy atom. The molecule has 1 fully saturated rings. The van der Waals surface area contributed by atoms with Gasteiger partial charge in [0, 0.05) is 30.7 Å². The number of amides is 1. The zero-order chi connectivity index (χ0) is 18.8. The van der Waals surface area contributed by atoms with Crippen LogP contribution in [0.3, 0.4) is 0 Å². The number of aromatic nitrogens is 2. The largest absolute Gasteiger partial charge is 0.291 e. The van der Waals surface area contributed by atoms with E-state index >= 15 is 0 Å². The standard InChI is InChI=1S/C20H16Cl2N4O/c21-15-4-3-13(10-16(15)22)18-19(25-26-20(18)27)17(12-5-8-23-9-6-12)14-2-1-7-24-11-14/h1-11,17-19,25H,(H,26,27). The molecule has 3 aromatic rings.